The molecule has 0 aliphatic carbocycles. The Labute approximate surface area is 171 Å². The van der Waals surface area contributed by atoms with Crippen LogP contribution in [0.15, 0.2) is 18.2 Å². The number of benzene rings is 1. The number of likely N-dealkylation sites (tertiary alicyclic amines) is 1. The van der Waals surface area contributed by atoms with Crippen LogP contribution in [0.1, 0.15) is 18.4 Å². The second-order valence-corrected chi connectivity index (χ2v) is 8.96. The Hall–Kier alpha value is -1.83. The van der Waals surface area contributed by atoms with Gasteiger partial charge in [-0.3, -0.25) is 4.79 Å². The van der Waals surface area contributed by atoms with Gasteiger partial charge in [0.25, 0.3) is 5.91 Å². The van der Waals surface area contributed by atoms with Gasteiger partial charge in [-0.05, 0) is 24.6 Å². The number of amides is 3. The minimum Gasteiger partial charge on any atom is -0.360 e. The van der Waals surface area contributed by atoms with Crippen LogP contribution in [0.3, 0.4) is 0 Å². The molecule has 1 spiro atoms. The van der Waals surface area contributed by atoms with Crippen LogP contribution < -0.4 is 20.0 Å². The number of piperidine rings is 1. The predicted molar refractivity (Wildman–Crippen MR) is 108 cm³/mol. The van der Waals surface area contributed by atoms with Crippen molar-refractivity contribution in [2.24, 2.45) is 0 Å². The number of aryl methyl sites for hydroxylation is 1. The molecular formula is C20H30ClN5O2+2. The molecule has 3 aliphatic rings. The lowest BCUT2D eigenvalue weighted by molar-refractivity contribution is -0.907. The molecule has 0 bridgehead atoms. The van der Waals surface area contributed by atoms with Crippen molar-refractivity contribution in [2.75, 3.05) is 57.9 Å². The fraction of sp³-hybridized carbons (Fsp3) is 0.600. The minimum atomic E-state index is -0.657. The largest absolute Gasteiger partial charge is 0.360 e. The fourth-order valence-electron chi connectivity index (χ4n) is 4.63. The van der Waals surface area contributed by atoms with Gasteiger partial charge < -0.3 is 20.0 Å². The maximum Gasteiger partial charge on any atom is 0.329 e. The van der Waals surface area contributed by atoms with Crippen LogP contribution in [0.2, 0.25) is 5.02 Å². The van der Waals surface area contributed by atoms with Crippen molar-refractivity contribution < 1.29 is 19.4 Å². The molecule has 0 atom stereocenters. The maximum atomic E-state index is 13.0. The van der Waals surface area contributed by atoms with Gasteiger partial charge in [0.05, 0.1) is 46.3 Å². The van der Waals surface area contributed by atoms with Crippen molar-refractivity contribution in [3.8, 4) is 0 Å². The number of piperazine rings is 1. The third kappa shape index (κ3) is 3.58. The van der Waals surface area contributed by atoms with E-state index in [2.05, 4.69) is 24.2 Å². The number of imide groups is 1. The van der Waals surface area contributed by atoms with Crippen molar-refractivity contribution in [3.05, 3.63) is 28.8 Å². The molecule has 0 aromatic heterocycles. The lowest BCUT2D eigenvalue weighted by Crippen LogP contribution is -3.16. The fourth-order valence-corrected chi connectivity index (χ4v) is 4.80. The van der Waals surface area contributed by atoms with Crippen molar-refractivity contribution >= 4 is 29.2 Å². The summed E-state index contributed by atoms with van der Waals surface area (Å²) in [4.78, 5) is 32.1. The van der Waals surface area contributed by atoms with Gasteiger partial charge in [0.1, 0.15) is 5.54 Å². The van der Waals surface area contributed by atoms with Crippen LogP contribution in [0.25, 0.3) is 0 Å². The normalized spacial score (nSPS) is 28.9. The summed E-state index contributed by atoms with van der Waals surface area (Å²) in [6.45, 7) is 7.96. The van der Waals surface area contributed by atoms with Gasteiger partial charge in [-0.2, -0.15) is 0 Å². The molecule has 4 rings (SSSR count). The Morgan fingerprint density at radius 1 is 1.14 bits per heavy atom. The molecule has 0 saturated carbocycles. The smallest absolute Gasteiger partial charge is 0.329 e. The first-order valence-electron chi connectivity index (χ1n) is 10.2. The quantitative estimate of drug-likeness (QED) is 0.558. The number of carbonyl (C=O) groups is 2. The number of quaternary nitrogens is 2. The predicted octanol–water partition coefficient (Wildman–Crippen LogP) is -1.09. The van der Waals surface area contributed by atoms with Gasteiger partial charge in [0.2, 0.25) is 0 Å². The molecule has 0 unspecified atom stereocenters. The van der Waals surface area contributed by atoms with Crippen LogP contribution in [0, 0.1) is 6.92 Å². The van der Waals surface area contributed by atoms with Crippen LogP contribution >= 0.6 is 11.6 Å². The van der Waals surface area contributed by atoms with Gasteiger partial charge >= 0.3 is 6.03 Å². The summed E-state index contributed by atoms with van der Waals surface area (Å²) in [5, 5.41) is 3.76. The first-order chi connectivity index (χ1) is 13.4. The molecule has 28 heavy (non-hydrogen) atoms. The number of nitrogens with one attached hydrogen (secondary N) is 3. The topological polar surface area (TPSA) is 61.5 Å². The molecule has 0 radical (unpaired) electrons. The van der Waals surface area contributed by atoms with E-state index in [4.69, 9.17) is 11.6 Å². The second-order valence-electron chi connectivity index (χ2n) is 8.53. The summed E-state index contributed by atoms with van der Waals surface area (Å²) >= 11 is 6.17. The Kier molecular flexibility index (Phi) is 5.24. The van der Waals surface area contributed by atoms with Crippen molar-refractivity contribution in [1.29, 1.82) is 0 Å². The van der Waals surface area contributed by atoms with Gasteiger partial charge in [-0.1, -0.05) is 17.7 Å². The first-order valence-corrected chi connectivity index (χ1v) is 10.6. The zero-order valence-electron chi connectivity index (χ0n) is 16.7. The molecule has 3 fully saturated rings. The summed E-state index contributed by atoms with van der Waals surface area (Å²) in [6, 6.07) is 5.77. The summed E-state index contributed by atoms with van der Waals surface area (Å²) in [7, 11) is 2.14. The van der Waals surface area contributed by atoms with Gasteiger partial charge in [0, 0.05) is 23.6 Å². The van der Waals surface area contributed by atoms with E-state index in [-0.39, 0.29) is 11.9 Å². The molecule has 3 aliphatic heterocycles. The molecule has 1 aromatic carbocycles. The van der Waals surface area contributed by atoms with Crippen molar-refractivity contribution in [1.82, 2.24) is 10.2 Å². The van der Waals surface area contributed by atoms with E-state index in [1.807, 2.05) is 18.2 Å². The number of anilines is 1. The molecular weight excluding hydrogens is 378 g/mol. The Morgan fingerprint density at radius 2 is 1.82 bits per heavy atom. The number of nitrogens with zero attached hydrogens (tertiary/aromatic N) is 2. The van der Waals surface area contributed by atoms with Crippen LogP contribution in [0.4, 0.5) is 10.5 Å². The molecule has 8 heteroatoms. The van der Waals surface area contributed by atoms with Gasteiger partial charge in [-0.25, -0.2) is 9.69 Å². The van der Waals surface area contributed by atoms with E-state index in [1.165, 1.54) is 26.0 Å². The van der Waals surface area contributed by atoms with E-state index >= 15 is 0 Å². The average Bonchev–Trinajstić information content (AvgIpc) is 2.91. The number of rotatable bonds is 3. The molecule has 3 saturated heterocycles. The summed E-state index contributed by atoms with van der Waals surface area (Å²) in [6.07, 6.45) is 1.47. The summed E-state index contributed by atoms with van der Waals surface area (Å²) in [5.41, 5.74) is 1.73. The third-order valence-corrected chi connectivity index (χ3v) is 6.80. The Morgan fingerprint density at radius 3 is 2.50 bits per heavy atom. The average molecular weight is 408 g/mol. The summed E-state index contributed by atoms with van der Waals surface area (Å²) in [5.74, 6) is -0.0226. The molecule has 3 heterocycles. The monoisotopic (exact) mass is 407 g/mol. The number of hydrogen-bond acceptors (Lipinski definition) is 3. The molecule has 7 nitrogen and oxygen atoms in total. The number of hydrogen-bond donors (Lipinski definition) is 3. The Bertz CT molecular complexity index is 770. The number of carbonyl (C=O) groups excluding carboxylic acids is 2. The molecule has 3 amide bonds. The van der Waals surface area contributed by atoms with Crippen LogP contribution in [-0.2, 0) is 4.79 Å². The zero-order chi connectivity index (χ0) is 19.9. The third-order valence-electron chi connectivity index (χ3n) is 6.57. The molecule has 152 valence electrons. The van der Waals surface area contributed by atoms with E-state index in [0.717, 1.165) is 57.1 Å². The zero-order valence-corrected chi connectivity index (χ0v) is 17.4. The minimum absolute atomic E-state index is 0.0226. The van der Waals surface area contributed by atoms with Crippen molar-refractivity contribution in [2.45, 2.75) is 25.3 Å². The highest BCUT2D eigenvalue weighted by Crippen LogP contribution is 2.26. The lowest BCUT2D eigenvalue weighted by Gasteiger charge is -2.36. The van der Waals surface area contributed by atoms with Gasteiger partial charge in [0.15, 0.2) is 6.67 Å². The van der Waals surface area contributed by atoms with Crippen LogP contribution in [0.5, 0.6) is 0 Å². The summed E-state index contributed by atoms with van der Waals surface area (Å²) < 4.78 is 0. The highest BCUT2D eigenvalue weighted by molar-refractivity contribution is 6.30. The second kappa shape index (κ2) is 7.54. The van der Waals surface area contributed by atoms with Crippen LogP contribution in [-0.4, -0.2) is 75.4 Å². The standard InChI is InChI=1S/C20H28ClN5O2/c1-15-3-4-16(21)13-17(15)25-11-9-24(10-12-25)14-26-18(27)20(22-19(26)28)5-7-23(2)8-6-20/h3-4,13H,5-12,14H2,1-2H3,(H,22,28)/p+2. The van der Waals surface area contributed by atoms with Crippen molar-refractivity contribution in [3.63, 3.8) is 0 Å². The molecule has 1 aromatic rings. The Balaban J connectivity index is 1.36. The SMILES string of the molecule is Cc1ccc(Cl)cc1N1CC[NH+](CN2C(=O)NC3(CC[NH+](C)CC3)C2=O)CC1. The highest BCUT2D eigenvalue weighted by Gasteiger charge is 2.54. The first kappa shape index (κ1) is 19.5. The number of halogens is 1. The highest BCUT2D eigenvalue weighted by atomic mass is 35.5. The van der Waals surface area contributed by atoms with E-state index < -0.39 is 5.54 Å². The lowest BCUT2D eigenvalue weighted by atomic mass is 9.88. The maximum absolute atomic E-state index is 13.0. The van der Waals surface area contributed by atoms with Gasteiger partial charge in [-0.15, -0.1) is 0 Å². The van der Waals surface area contributed by atoms with E-state index in [0.29, 0.717) is 6.67 Å². The van der Waals surface area contributed by atoms with E-state index in [9.17, 15) is 9.59 Å². The number of urea groups is 1. The molecule has 3 N–H and O–H groups in total. The van der Waals surface area contributed by atoms with E-state index in [1.54, 1.807) is 0 Å².